The van der Waals surface area contributed by atoms with E-state index in [2.05, 4.69) is 34.2 Å². The average molecular weight is 298 g/mol. The van der Waals surface area contributed by atoms with E-state index in [1.165, 1.54) is 5.56 Å². The number of benzene rings is 1. The number of amides is 1. The number of halogens is 1. The third-order valence-corrected chi connectivity index (χ3v) is 3.22. The second kappa shape index (κ2) is 7.49. The van der Waals surface area contributed by atoms with Crippen LogP contribution in [0, 0.1) is 6.92 Å². The Kier molecular flexibility index (Phi) is 6.27. The molecule has 3 heteroatoms. The van der Waals surface area contributed by atoms with Gasteiger partial charge >= 0.3 is 0 Å². The van der Waals surface area contributed by atoms with Gasteiger partial charge in [0.15, 0.2) is 0 Å². The Bertz CT molecular complexity index is 365. The molecular formula is C14H20BrNO. The van der Waals surface area contributed by atoms with E-state index < -0.39 is 0 Å². The molecule has 0 saturated heterocycles. The number of alkyl halides is 1. The van der Waals surface area contributed by atoms with Crippen LogP contribution >= 0.6 is 15.9 Å². The minimum Gasteiger partial charge on any atom is -0.353 e. The lowest BCUT2D eigenvalue weighted by atomic mass is 10.1. The molecular weight excluding hydrogens is 278 g/mol. The summed E-state index contributed by atoms with van der Waals surface area (Å²) in [5.41, 5.74) is 2.28. The molecule has 1 atom stereocenters. The third-order valence-electron chi connectivity index (χ3n) is 2.76. The normalized spacial score (nSPS) is 12.2. The molecule has 2 nitrogen and oxygen atoms in total. The van der Waals surface area contributed by atoms with Crippen molar-refractivity contribution in [2.75, 3.05) is 5.33 Å². The van der Waals surface area contributed by atoms with Crippen molar-refractivity contribution in [3.63, 3.8) is 0 Å². The van der Waals surface area contributed by atoms with Gasteiger partial charge in [0, 0.05) is 11.4 Å². The maximum atomic E-state index is 11.8. The van der Waals surface area contributed by atoms with Crippen LogP contribution in [0.15, 0.2) is 24.3 Å². The molecule has 0 aliphatic carbocycles. The zero-order chi connectivity index (χ0) is 12.7. The number of hydrogen-bond acceptors (Lipinski definition) is 1. The Balaban J connectivity index is 2.49. The molecule has 0 bridgehead atoms. The molecule has 0 heterocycles. The van der Waals surface area contributed by atoms with E-state index in [0.29, 0.717) is 6.42 Å². The van der Waals surface area contributed by atoms with E-state index in [1.54, 1.807) is 0 Å². The van der Waals surface area contributed by atoms with Crippen molar-refractivity contribution in [2.24, 2.45) is 0 Å². The van der Waals surface area contributed by atoms with Crippen LogP contribution in [0.3, 0.4) is 0 Å². The van der Waals surface area contributed by atoms with E-state index in [9.17, 15) is 4.79 Å². The van der Waals surface area contributed by atoms with E-state index in [-0.39, 0.29) is 11.9 Å². The Morgan fingerprint density at radius 3 is 2.82 bits per heavy atom. The molecule has 0 saturated carbocycles. The molecule has 1 N–H and O–H groups in total. The van der Waals surface area contributed by atoms with Gasteiger partial charge in [-0.2, -0.15) is 0 Å². The lowest BCUT2D eigenvalue weighted by Crippen LogP contribution is -2.35. The molecule has 1 aromatic carbocycles. The van der Waals surface area contributed by atoms with Gasteiger partial charge in [-0.05, 0) is 25.3 Å². The van der Waals surface area contributed by atoms with E-state index in [1.807, 2.05) is 25.1 Å². The van der Waals surface area contributed by atoms with Gasteiger partial charge in [0.05, 0.1) is 6.42 Å². The Morgan fingerprint density at radius 2 is 2.24 bits per heavy atom. The predicted octanol–water partition coefficient (Wildman–Crippen LogP) is 3.22. The topological polar surface area (TPSA) is 29.1 Å². The summed E-state index contributed by atoms with van der Waals surface area (Å²) in [6.45, 7) is 4.14. The summed E-state index contributed by atoms with van der Waals surface area (Å²) in [6.07, 6.45) is 2.43. The molecule has 0 aliphatic heterocycles. The zero-order valence-electron chi connectivity index (χ0n) is 10.5. The first-order valence-electron chi connectivity index (χ1n) is 6.06. The van der Waals surface area contributed by atoms with Gasteiger partial charge in [0.2, 0.25) is 5.91 Å². The summed E-state index contributed by atoms with van der Waals surface area (Å²) in [5, 5.41) is 3.99. The fraction of sp³-hybridized carbons (Fsp3) is 0.500. The number of aryl methyl sites for hydroxylation is 1. The molecule has 0 aromatic heterocycles. The zero-order valence-corrected chi connectivity index (χ0v) is 12.1. The van der Waals surface area contributed by atoms with Crippen molar-refractivity contribution in [1.29, 1.82) is 0 Å². The first-order chi connectivity index (χ1) is 8.15. The van der Waals surface area contributed by atoms with Gasteiger partial charge < -0.3 is 5.32 Å². The summed E-state index contributed by atoms with van der Waals surface area (Å²) in [4.78, 5) is 11.8. The Morgan fingerprint density at radius 1 is 1.47 bits per heavy atom. The third kappa shape index (κ3) is 5.35. The number of carbonyl (C=O) groups excluding carboxylic acids is 1. The van der Waals surface area contributed by atoms with Crippen LogP contribution in [-0.4, -0.2) is 17.3 Å². The first kappa shape index (κ1) is 14.2. The van der Waals surface area contributed by atoms with Crippen LogP contribution in [0.2, 0.25) is 0 Å². The highest BCUT2D eigenvalue weighted by Crippen LogP contribution is 2.06. The van der Waals surface area contributed by atoms with Crippen LogP contribution < -0.4 is 5.32 Å². The number of nitrogens with one attached hydrogen (secondary N) is 1. The highest BCUT2D eigenvalue weighted by atomic mass is 79.9. The fourth-order valence-electron chi connectivity index (χ4n) is 1.80. The SMILES string of the molecule is CCC(CCBr)NC(=O)Cc1cccc(C)c1. The molecule has 94 valence electrons. The van der Waals surface area contributed by atoms with E-state index >= 15 is 0 Å². The second-order valence-corrected chi connectivity index (χ2v) is 5.11. The van der Waals surface area contributed by atoms with Crippen molar-refractivity contribution in [2.45, 2.75) is 39.2 Å². The molecule has 0 spiro atoms. The molecule has 1 aromatic rings. The number of rotatable bonds is 6. The first-order valence-corrected chi connectivity index (χ1v) is 7.18. The maximum absolute atomic E-state index is 11.8. The van der Waals surface area contributed by atoms with Crippen molar-refractivity contribution >= 4 is 21.8 Å². The molecule has 0 radical (unpaired) electrons. The van der Waals surface area contributed by atoms with Gasteiger partial charge in [-0.25, -0.2) is 0 Å². The van der Waals surface area contributed by atoms with Gasteiger partial charge in [-0.15, -0.1) is 0 Å². The minimum absolute atomic E-state index is 0.114. The summed E-state index contributed by atoms with van der Waals surface area (Å²) in [5.74, 6) is 0.114. The Hall–Kier alpha value is -0.830. The highest BCUT2D eigenvalue weighted by Gasteiger charge is 2.10. The van der Waals surface area contributed by atoms with Crippen LogP contribution in [0.5, 0.6) is 0 Å². The lowest BCUT2D eigenvalue weighted by molar-refractivity contribution is -0.121. The smallest absolute Gasteiger partial charge is 0.224 e. The van der Waals surface area contributed by atoms with Crippen LogP contribution in [0.1, 0.15) is 30.9 Å². The van der Waals surface area contributed by atoms with E-state index in [0.717, 1.165) is 23.7 Å². The fourth-order valence-corrected chi connectivity index (χ4v) is 2.35. The van der Waals surface area contributed by atoms with Gasteiger partial charge in [-0.3, -0.25) is 4.79 Å². The number of carbonyl (C=O) groups is 1. The van der Waals surface area contributed by atoms with Crippen molar-refractivity contribution < 1.29 is 4.79 Å². The second-order valence-electron chi connectivity index (χ2n) is 4.32. The highest BCUT2D eigenvalue weighted by molar-refractivity contribution is 9.09. The molecule has 17 heavy (non-hydrogen) atoms. The predicted molar refractivity (Wildman–Crippen MR) is 75.5 cm³/mol. The molecule has 0 aliphatic rings. The van der Waals surface area contributed by atoms with Crippen LogP contribution in [0.25, 0.3) is 0 Å². The maximum Gasteiger partial charge on any atom is 0.224 e. The van der Waals surface area contributed by atoms with Gasteiger partial charge in [0.1, 0.15) is 0 Å². The Labute approximate surface area is 112 Å². The van der Waals surface area contributed by atoms with Crippen molar-refractivity contribution in [3.05, 3.63) is 35.4 Å². The number of hydrogen-bond donors (Lipinski definition) is 1. The van der Waals surface area contributed by atoms with Crippen molar-refractivity contribution in [1.82, 2.24) is 5.32 Å². The van der Waals surface area contributed by atoms with Crippen LogP contribution in [-0.2, 0) is 11.2 Å². The van der Waals surface area contributed by atoms with Gasteiger partial charge in [0.25, 0.3) is 0 Å². The monoisotopic (exact) mass is 297 g/mol. The summed E-state index contributed by atoms with van der Waals surface area (Å²) >= 11 is 3.41. The molecule has 1 amide bonds. The summed E-state index contributed by atoms with van der Waals surface area (Å²) < 4.78 is 0. The molecule has 1 rings (SSSR count). The summed E-state index contributed by atoms with van der Waals surface area (Å²) in [7, 11) is 0. The molecule has 0 fully saturated rings. The quantitative estimate of drug-likeness (QED) is 0.803. The average Bonchev–Trinajstić information content (AvgIpc) is 2.28. The standard InChI is InChI=1S/C14H20BrNO/c1-3-13(7-8-15)16-14(17)10-12-6-4-5-11(2)9-12/h4-6,9,13H,3,7-8,10H2,1-2H3,(H,16,17). The lowest BCUT2D eigenvalue weighted by Gasteiger charge is -2.15. The van der Waals surface area contributed by atoms with Crippen molar-refractivity contribution in [3.8, 4) is 0 Å². The molecule has 1 unspecified atom stereocenters. The van der Waals surface area contributed by atoms with Gasteiger partial charge in [-0.1, -0.05) is 52.7 Å². The largest absolute Gasteiger partial charge is 0.353 e. The summed E-state index contributed by atoms with van der Waals surface area (Å²) in [6, 6.07) is 8.38. The minimum atomic E-state index is 0.114. The van der Waals surface area contributed by atoms with E-state index in [4.69, 9.17) is 0 Å². The van der Waals surface area contributed by atoms with Crippen LogP contribution in [0.4, 0.5) is 0 Å².